The number of nitrogens with one attached hydrogen (secondary N) is 1. The van der Waals surface area contributed by atoms with E-state index in [0.29, 0.717) is 48.9 Å². The number of halogens is 2. The summed E-state index contributed by atoms with van der Waals surface area (Å²) >= 11 is 0. The fraction of sp³-hybridized carbons (Fsp3) is 0.385. The Labute approximate surface area is 213 Å². The van der Waals surface area contributed by atoms with Crippen molar-refractivity contribution in [3.8, 4) is 11.1 Å². The Hall–Kier alpha value is -3.86. The number of carbonyl (C=O) groups excluding carboxylic acids is 1. The van der Waals surface area contributed by atoms with Crippen LogP contribution < -0.4 is 10.2 Å². The SMILES string of the molecule is Cc1nc2cc(-c3cc(NC(=O)c4cnn(C(C)(C)C)c4F)c(F)cc3C)cc(N3CCOCC3)n2n1. The number of ether oxygens (including phenoxy) is 1. The average molecular weight is 510 g/mol. The van der Waals surface area contributed by atoms with Gasteiger partial charge in [-0.05, 0) is 75.6 Å². The summed E-state index contributed by atoms with van der Waals surface area (Å²) in [4.78, 5) is 19.6. The van der Waals surface area contributed by atoms with Gasteiger partial charge in [0.1, 0.15) is 23.0 Å². The van der Waals surface area contributed by atoms with Gasteiger partial charge in [-0.15, -0.1) is 5.10 Å². The lowest BCUT2D eigenvalue weighted by Gasteiger charge is -2.29. The van der Waals surface area contributed by atoms with Crippen LogP contribution in [0.5, 0.6) is 0 Å². The molecule has 194 valence electrons. The first-order valence-electron chi connectivity index (χ1n) is 12.1. The number of nitrogens with zero attached hydrogens (tertiary/aromatic N) is 6. The van der Waals surface area contributed by atoms with E-state index in [0.717, 1.165) is 22.3 Å². The van der Waals surface area contributed by atoms with E-state index in [1.165, 1.54) is 6.07 Å². The number of hydrogen-bond donors (Lipinski definition) is 1. The first-order chi connectivity index (χ1) is 17.5. The highest BCUT2D eigenvalue weighted by Crippen LogP contribution is 2.33. The number of carbonyl (C=O) groups is 1. The van der Waals surface area contributed by atoms with Crippen LogP contribution >= 0.6 is 0 Å². The summed E-state index contributed by atoms with van der Waals surface area (Å²) in [6, 6.07) is 6.77. The zero-order chi connectivity index (χ0) is 26.5. The quantitative estimate of drug-likeness (QED) is 0.441. The molecule has 5 rings (SSSR count). The van der Waals surface area contributed by atoms with E-state index in [1.807, 2.05) is 19.1 Å². The average Bonchev–Trinajstić information content (AvgIpc) is 3.42. The Morgan fingerprint density at radius 2 is 1.81 bits per heavy atom. The van der Waals surface area contributed by atoms with Gasteiger partial charge in [-0.25, -0.2) is 14.1 Å². The molecular formula is C26H29F2N7O2. The van der Waals surface area contributed by atoms with Crippen molar-refractivity contribution in [2.75, 3.05) is 36.5 Å². The third-order valence-corrected chi connectivity index (χ3v) is 6.32. The summed E-state index contributed by atoms with van der Waals surface area (Å²) in [6.07, 6.45) is 1.15. The first-order valence-corrected chi connectivity index (χ1v) is 12.1. The minimum absolute atomic E-state index is 0.0565. The van der Waals surface area contributed by atoms with E-state index < -0.39 is 23.2 Å². The Morgan fingerprint density at radius 3 is 2.49 bits per heavy atom. The van der Waals surface area contributed by atoms with Crippen molar-refractivity contribution >= 4 is 23.1 Å². The predicted molar refractivity (Wildman–Crippen MR) is 136 cm³/mol. The number of benzene rings is 1. The van der Waals surface area contributed by atoms with Gasteiger partial charge in [0.25, 0.3) is 5.91 Å². The normalized spacial score (nSPS) is 14.4. The minimum Gasteiger partial charge on any atom is -0.378 e. The van der Waals surface area contributed by atoms with Crippen molar-refractivity contribution in [1.29, 1.82) is 0 Å². The van der Waals surface area contributed by atoms with Crippen LogP contribution in [0, 0.1) is 25.6 Å². The first kappa shape index (κ1) is 24.8. The highest BCUT2D eigenvalue weighted by molar-refractivity contribution is 6.04. The summed E-state index contributed by atoms with van der Waals surface area (Å²) in [7, 11) is 0. The van der Waals surface area contributed by atoms with Gasteiger partial charge in [0.15, 0.2) is 5.65 Å². The van der Waals surface area contributed by atoms with E-state index in [2.05, 4.69) is 25.4 Å². The standard InChI is InChI=1S/C26H29F2N7O2/c1-15-10-20(27)21(31-25(36)19-14-29-35(24(19)28)26(3,4)5)13-18(15)17-11-22-30-16(2)32-34(22)23(12-17)33-6-8-37-9-7-33/h10-14H,6-9H2,1-5H3,(H,31,36). The maximum Gasteiger partial charge on any atom is 0.262 e. The van der Waals surface area contributed by atoms with Crippen LogP contribution in [0.25, 0.3) is 16.8 Å². The molecule has 1 aliphatic heterocycles. The molecule has 9 nitrogen and oxygen atoms in total. The Kier molecular flexibility index (Phi) is 6.18. The van der Waals surface area contributed by atoms with Crippen molar-refractivity contribution in [3.05, 3.63) is 59.2 Å². The van der Waals surface area contributed by atoms with Gasteiger partial charge in [0.05, 0.1) is 30.6 Å². The fourth-order valence-electron chi connectivity index (χ4n) is 4.47. The summed E-state index contributed by atoms with van der Waals surface area (Å²) in [6.45, 7) is 11.6. The molecule has 4 aromatic rings. The highest BCUT2D eigenvalue weighted by atomic mass is 19.1. The van der Waals surface area contributed by atoms with Crippen LogP contribution in [0.1, 0.15) is 42.5 Å². The van der Waals surface area contributed by atoms with Gasteiger partial charge in [0, 0.05) is 13.1 Å². The van der Waals surface area contributed by atoms with Gasteiger partial charge in [-0.3, -0.25) is 4.79 Å². The lowest BCUT2D eigenvalue weighted by molar-refractivity contribution is 0.102. The molecule has 4 heterocycles. The Bertz CT molecular complexity index is 1500. The van der Waals surface area contributed by atoms with Gasteiger partial charge in [-0.2, -0.15) is 14.0 Å². The van der Waals surface area contributed by atoms with Gasteiger partial charge in [0.2, 0.25) is 5.95 Å². The van der Waals surface area contributed by atoms with Crippen molar-refractivity contribution in [3.63, 3.8) is 0 Å². The zero-order valence-electron chi connectivity index (χ0n) is 21.5. The third kappa shape index (κ3) is 4.66. The van der Waals surface area contributed by atoms with Gasteiger partial charge >= 0.3 is 0 Å². The summed E-state index contributed by atoms with van der Waals surface area (Å²) in [5.74, 6) is -0.693. The largest absolute Gasteiger partial charge is 0.378 e. The van der Waals surface area contributed by atoms with Crippen LogP contribution in [0.3, 0.4) is 0 Å². The molecule has 0 spiro atoms. The number of aromatic nitrogens is 5. The number of amides is 1. The van der Waals surface area contributed by atoms with E-state index in [4.69, 9.17) is 4.74 Å². The molecule has 1 aromatic carbocycles. The van der Waals surface area contributed by atoms with Crippen LogP contribution in [0.2, 0.25) is 0 Å². The number of morpholine rings is 1. The number of rotatable bonds is 4. The molecular weight excluding hydrogens is 480 g/mol. The van der Waals surface area contributed by atoms with Crippen LogP contribution in [-0.2, 0) is 10.3 Å². The second-order valence-corrected chi connectivity index (χ2v) is 10.2. The fourth-order valence-corrected chi connectivity index (χ4v) is 4.47. The zero-order valence-corrected chi connectivity index (χ0v) is 21.5. The predicted octanol–water partition coefficient (Wildman–Crippen LogP) is 4.33. The van der Waals surface area contributed by atoms with Crippen molar-refractivity contribution in [1.82, 2.24) is 24.4 Å². The van der Waals surface area contributed by atoms with Crippen molar-refractivity contribution in [2.45, 2.75) is 40.2 Å². The summed E-state index contributed by atoms with van der Waals surface area (Å²) in [5, 5.41) is 11.1. The Balaban J connectivity index is 1.54. The van der Waals surface area contributed by atoms with Gasteiger partial charge in [-0.1, -0.05) is 0 Å². The second-order valence-electron chi connectivity index (χ2n) is 10.2. The second kappa shape index (κ2) is 9.22. The summed E-state index contributed by atoms with van der Waals surface area (Å²) < 4.78 is 38.3. The lowest BCUT2D eigenvalue weighted by Crippen LogP contribution is -2.37. The topological polar surface area (TPSA) is 89.6 Å². The van der Waals surface area contributed by atoms with E-state index >= 15 is 0 Å². The Morgan fingerprint density at radius 1 is 1.08 bits per heavy atom. The molecule has 0 saturated carbocycles. The third-order valence-electron chi connectivity index (χ3n) is 6.32. The van der Waals surface area contributed by atoms with Gasteiger partial charge < -0.3 is 15.0 Å². The van der Waals surface area contributed by atoms with Crippen LogP contribution in [0.4, 0.5) is 20.3 Å². The molecule has 1 saturated heterocycles. The van der Waals surface area contributed by atoms with Crippen LogP contribution in [0.15, 0.2) is 30.5 Å². The minimum atomic E-state index is -0.778. The molecule has 11 heteroatoms. The maximum atomic E-state index is 15.0. The van der Waals surface area contributed by atoms with E-state index in [1.54, 1.807) is 38.3 Å². The van der Waals surface area contributed by atoms with Crippen molar-refractivity contribution in [2.24, 2.45) is 0 Å². The molecule has 37 heavy (non-hydrogen) atoms. The molecule has 1 amide bonds. The molecule has 1 fully saturated rings. The number of pyridine rings is 1. The smallest absolute Gasteiger partial charge is 0.262 e. The van der Waals surface area contributed by atoms with Crippen LogP contribution in [-0.4, -0.2) is 56.6 Å². The van der Waals surface area contributed by atoms with E-state index in [-0.39, 0.29) is 11.3 Å². The van der Waals surface area contributed by atoms with E-state index in [9.17, 15) is 13.6 Å². The molecule has 1 N–H and O–H groups in total. The monoisotopic (exact) mass is 509 g/mol. The van der Waals surface area contributed by atoms with Crippen molar-refractivity contribution < 1.29 is 18.3 Å². The molecule has 0 aliphatic carbocycles. The summed E-state index contributed by atoms with van der Waals surface area (Å²) in [5.41, 5.74) is 1.87. The molecule has 0 bridgehead atoms. The molecule has 3 aromatic heterocycles. The lowest BCUT2D eigenvalue weighted by atomic mass is 9.99. The number of aryl methyl sites for hydroxylation is 2. The number of hydrogen-bond acceptors (Lipinski definition) is 6. The number of fused-ring (bicyclic) bond motifs is 1. The highest BCUT2D eigenvalue weighted by Gasteiger charge is 2.25. The molecule has 0 atom stereocenters. The maximum absolute atomic E-state index is 15.0. The molecule has 1 aliphatic rings. The molecule has 0 unspecified atom stereocenters. The number of anilines is 2. The molecule has 0 radical (unpaired) electrons.